The van der Waals surface area contributed by atoms with Crippen LogP contribution >= 0.6 is 15.9 Å². The predicted molar refractivity (Wildman–Crippen MR) is 59.8 cm³/mol. The molecule has 74 valence electrons. The van der Waals surface area contributed by atoms with Gasteiger partial charge in [-0.25, -0.2) is 0 Å². The number of ketones is 1. The van der Waals surface area contributed by atoms with E-state index in [1.54, 1.807) is 31.4 Å². The molecule has 0 bridgehead atoms. The van der Waals surface area contributed by atoms with Crippen LogP contribution in [0.4, 0.5) is 0 Å². The van der Waals surface area contributed by atoms with Crippen molar-refractivity contribution in [2.24, 2.45) is 0 Å². The van der Waals surface area contributed by atoms with E-state index in [-0.39, 0.29) is 5.78 Å². The minimum Gasteiger partial charge on any atom is -0.497 e. The molecule has 2 nitrogen and oxygen atoms in total. The number of allylic oxidation sites excluding steroid dienone is 1. The van der Waals surface area contributed by atoms with Gasteiger partial charge in [0.05, 0.1) is 7.11 Å². The minimum absolute atomic E-state index is 0.0331. The van der Waals surface area contributed by atoms with Gasteiger partial charge in [0.25, 0.3) is 0 Å². The monoisotopic (exact) mass is 254 g/mol. The van der Waals surface area contributed by atoms with Crippen molar-refractivity contribution in [3.63, 3.8) is 0 Å². The Labute approximate surface area is 91.7 Å². The lowest BCUT2D eigenvalue weighted by Gasteiger charge is -2.04. The molecular formula is C11H11BrO2. The first-order chi connectivity index (χ1) is 6.69. The Morgan fingerprint density at radius 2 is 2.36 bits per heavy atom. The summed E-state index contributed by atoms with van der Waals surface area (Å²) in [4.78, 5) is 11.6. The van der Waals surface area contributed by atoms with Gasteiger partial charge in [0, 0.05) is 16.5 Å². The van der Waals surface area contributed by atoms with E-state index in [4.69, 9.17) is 4.74 Å². The molecule has 0 aliphatic carbocycles. The van der Waals surface area contributed by atoms with Crippen LogP contribution in [0.25, 0.3) is 0 Å². The van der Waals surface area contributed by atoms with Crippen LogP contribution in [0.2, 0.25) is 0 Å². The number of hydrogen-bond donors (Lipinski definition) is 0. The van der Waals surface area contributed by atoms with E-state index in [9.17, 15) is 4.79 Å². The van der Waals surface area contributed by atoms with Crippen molar-refractivity contribution in [1.82, 2.24) is 0 Å². The molecule has 0 N–H and O–H groups in total. The molecule has 0 heterocycles. The van der Waals surface area contributed by atoms with Crippen molar-refractivity contribution < 1.29 is 9.53 Å². The van der Waals surface area contributed by atoms with Crippen molar-refractivity contribution in [2.75, 3.05) is 7.11 Å². The van der Waals surface area contributed by atoms with E-state index in [1.165, 1.54) is 0 Å². The standard InChI is InChI=1S/C11H11BrO2/c1-3-4-11(13)9-7-8(14-2)5-6-10(9)12/h3,5-7H,1,4H2,2H3. The van der Waals surface area contributed by atoms with Gasteiger partial charge in [0.2, 0.25) is 0 Å². The van der Waals surface area contributed by atoms with Crippen molar-refractivity contribution in [3.8, 4) is 5.75 Å². The molecule has 0 atom stereocenters. The largest absolute Gasteiger partial charge is 0.497 e. The third-order valence-electron chi connectivity index (χ3n) is 1.80. The highest BCUT2D eigenvalue weighted by Gasteiger charge is 2.09. The highest BCUT2D eigenvalue weighted by molar-refractivity contribution is 9.10. The Kier molecular flexibility index (Phi) is 3.89. The van der Waals surface area contributed by atoms with Crippen molar-refractivity contribution in [1.29, 1.82) is 0 Å². The first kappa shape index (κ1) is 11.0. The molecule has 0 unspecified atom stereocenters. The van der Waals surface area contributed by atoms with E-state index < -0.39 is 0 Å². The van der Waals surface area contributed by atoms with Crippen molar-refractivity contribution in [2.45, 2.75) is 6.42 Å². The first-order valence-electron chi connectivity index (χ1n) is 4.16. The fourth-order valence-electron chi connectivity index (χ4n) is 1.09. The Bertz CT molecular complexity index is 358. The molecule has 0 aliphatic heterocycles. The molecule has 1 aromatic carbocycles. The van der Waals surface area contributed by atoms with Gasteiger partial charge in [-0.1, -0.05) is 22.0 Å². The van der Waals surface area contributed by atoms with Crippen LogP contribution in [0.15, 0.2) is 35.3 Å². The van der Waals surface area contributed by atoms with E-state index in [2.05, 4.69) is 22.5 Å². The van der Waals surface area contributed by atoms with Crippen LogP contribution in [-0.2, 0) is 0 Å². The molecule has 0 amide bonds. The summed E-state index contributed by atoms with van der Waals surface area (Å²) in [6, 6.07) is 5.32. The number of Topliss-reactive ketones (excluding diaryl/α,β-unsaturated/α-hetero) is 1. The lowest BCUT2D eigenvalue weighted by molar-refractivity contribution is 0.0995. The number of benzene rings is 1. The smallest absolute Gasteiger partial charge is 0.167 e. The number of carbonyl (C=O) groups excluding carboxylic acids is 1. The molecule has 0 aliphatic rings. The van der Waals surface area contributed by atoms with Crippen LogP contribution in [-0.4, -0.2) is 12.9 Å². The second kappa shape index (κ2) is 4.96. The van der Waals surface area contributed by atoms with E-state index in [0.29, 0.717) is 17.7 Å². The minimum atomic E-state index is 0.0331. The number of hydrogen-bond acceptors (Lipinski definition) is 2. The maximum absolute atomic E-state index is 11.6. The highest BCUT2D eigenvalue weighted by Crippen LogP contribution is 2.23. The van der Waals surface area contributed by atoms with Gasteiger partial charge in [-0.15, -0.1) is 6.58 Å². The number of halogens is 1. The second-order valence-corrected chi connectivity index (χ2v) is 3.62. The number of methoxy groups -OCH3 is 1. The average molecular weight is 255 g/mol. The fourth-order valence-corrected chi connectivity index (χ4v) is 1.55. The molecule has 0 spiro atoms. The second-order valence-electron chi connectivity index (χ2n) is 2.76. The van der Waals surface area contributed by atoms with Crippen LogP contribution in [0.3, 0.4) is 0 Å². The zero-order valence-corrected chi connectivity index (χ0v) is 9.50. The Hall–Kier alpha value is -1.09. The molecule has 1 aromatic rings. The average Bonchev–Trinajstić information content (AvgIpc) is 2.19. The maximum Gasteiger partial charge on any atom is 0.167 e. The number of carbonyl (C=O) groups is 1. The van der Waals surface area contributed by atoms with Gasteiger partial charge >= 0.3 is 0 Å². The molecule has 0 saturated heterocycles. The van der Waals surface area contributed by atoms with E-state index in [1.807, 2.05) is 0 Å². The van der Waals surface area contributed by atoms with E-state index >= 15 is 0 Å². The van der Waals surface area contributed by atoms with Gasteiger partial charge < -0.3 is 4.74 Å². The predicted octanol–water partition coefficient (Wildman–Crippen LogP) is 3.22. The highest BCUT2D eigenvalue weighted by atomic mass is 79.9. The lowest BCUT2D eigenvalue weighted by Crippen LogP contribution is -1.99. The third kappa shape index (κ3) is 2.45. The normalized spacial score (nSPS) is 9.57. The maximum atomic E-state index is 11.6. The Morgan fingerprint density at radius 3 is 2.93 bits per heavy atom. The van der Waals surface area contributed by atoms with Gasteiger partial charge in [0.15, 0.2) is 5.78 Å². The summed E-state index contributed by atoms with van der Waals surface area (Å²) in [6.07, 6.45) is 1.93. The molecule has 0 radical (unpaired) electrons. The molecular weight excluding hydrogens is 244 g/mol. The Balaban J connectivity index is 3.05. The van der Waals surface area contributed by atoms with Crippen LogP contribution < -0.4 is 4.74 Å². The molecule has 0 aromatic heterocycles. The first-order valence-corrected chi connectivity index (χ1v) is 4.96. The molecule has 3 heteroatoms. The fraction of sp³-hybridized carbons (Fsp3) is 0.182. The summed E-state index contributed by atoms with van der Waals surface area (Å²) in [5.41, 5.74) is 0.629. The van der Waals surface area contributed by atoms with Crippen LogP contribution in [0.1, 0.15) is 16.8 Å². The molecule has 1 rings (SSSR count). The summed E-state index contributed by atoms with van der Waals surface area (Å²) in [7, 11) is 1.57. The van der Waals surface area contributed by atoms with Crippen molar-refractivity contribution in [3.05, 3.63) is 40.9 Å². The van der Waals surface area contributed by atoms with Gasteiger partial charge in [-0.2, -0.15) is 0 Å². The zero-order valence-electron chi connectivity index (χ0n) is 7.92. The Morgan fingerprint density at radius 1 is 1.64 bits per heavy atom. The van der Waals surface area contributed by atoms with Crippen LogP contribution in [0, 0.1) is 0 Å². The number of rotatable bonds is 4. The summed E-state index contributed by atoms with van der Waals surface area (Å²) in [5, 5.41) is 0. The summed E-state index contributed by atoms with van der Waals surface area (Å²) >= 11 is 3.32. The van der Waals surface area contributed by atoms with E-state index in [0.717, 1.165) is 4.47 Å². The summed E-state index contributed by atoms with van der Waals surface area (Å²) in [5.74, 6) is 0.714. The number of ether oxygens (including phenoxy) is 1. The van der Waals surface area contributed by atoms with Gasteiger partial charge in [-0.3, -0.25) is 4.79 Å². The van der Waals surface area contributed by atoms with Gasteiger partial charge in [0.1, 0.15) is 5.75 Å². The SMILES string of the molecule is C=CCC(=O)c1cc(OC)ccc1Br. The molecule has 0 saturated carbocycles. The summed E-state index contributed by atoms with van der Waals surface area (Å²) < 4.78 is 5.82. The quantitative estimate of drug-likeness (QED) is 0.610. The zero-order chi connectivity index (χ0) is 10.6. The topological polar surface area (TPSA) is 26.3 Å². The van der Waals surface area contributed by atoms with Crippen molar-refractivity contribution >= 4 is 21.7 Å². The molecule has 14 heavy (non-hydrogen) atoms. The third-order valence-corrected chi connectivity index (χ3v) is 2.50. The molecule has 0 fully saturated rings. The summed E-state index contributed by atoms with van der Waals surface area (Å²) in [6.45, 7) is 3.53. The van der Waals surface area contributed by atoms with Crippen LogP contribution in [0.5, 0.6) is 5.75 Å². The lowest BCUT2D eigenvalue weighted by atomic mass is 10.1. The van der Waals surface area contributed by atoms with Gasteiger partial charge in [-0.05, 0) is 18.2 Å².